The first-order valence-electron chi connectivity index (χ1n) is 9.35. The highest BCUT2D eigenvalue weighted by atomic mass is 32.2. The van der Waals surface area contributed by atoms with Gasteiger partial charge in [0.25, 0.3) is 0 Å². The van der Waals surface area contributed by atoms with Crippen molar-refractivity contribution in [1.29, 1.82) is 0 Å². The minimum Gasteiger partial charge on any atom is -0.486 e. The molecule has 1 amide bonds. The van der Waals surface area contributed by atoms with Crippen LogP contribution in [0.25, 0.3) is 11.4 Å². The number of amides is 1. The van der Waals surface area contributed by atoms with Crippen molar-refractivity contribution in [2.24, 2.45) is 7.05 Å². The molecule has 2 aromatic carbocycles. The highest BCUT2D eigenvalue weighted by Crippen LogP contribution is 2.33. The smallest absolute Gasteiger partial charge is 0.237 e. The van der Waals surface area contributed by atoms with Crippen LogP contribution >= 0.6 is 11.8 Å². The minimum absolute atomic E-state index is 0.118. The number of benzene rings is 2. The van der Waals surface area contributed by atoms with E-state index >= 15 is 0 Å². The van der Waals surface area contributed by atoms with Crippen LogP contribution in [0.3, 0.4) is 0 Å². The number of hydrogen-bond acceptors (Lipinski definition) is 6. The first-order valence-corrected chi connectivity index (χ1v) is 10.2. The molecule has 0 saturated carbocycles. The number of ether oxygens (including phenoxy) is 2. The van der Waals surface area contributed by atoms with E-state index in [1.807, 2.05) is 49.7 Å². The van der Waals surface area contributed by atoms with Gasteiger partial charge in [-0.3, -0.25) is 4.79 Å². The molecule has 0 saturated heterocycles. The van der Waals surface area contributed by atoms with Gasteiger partial charge >= 0.3 is 0 Å². The molecule has 0 aliphatic carbocycles. The molecule has 0 spiro atoms. The molecule has 0 unspecified atom stereocenters. The SMILES string of the molecule is Cc1ccccc1-c1nnc(S[C@@H](C)C(=O)Nc2ccc3c(c2)OCCO3)n1C. The van der Waals surface area contributed by atoms with Crippen molar-refractivity contribution in [3.8, 4) is 22.9 Å². The van der Waals surface area contributed by atoms with Crippen molar-refractivity contribution in [3.63, 3.8) is 0 Å². The van der Waals surface area contributed by atoms with Crippen molar-refractivity contribution in [2.75, 3.05) is 18.5 Å². The molecular formula is C21H22N4O3S. The van der Waals surface area contributed by atoms with Gasteiger partial charge in [-0.1, -0.05) is 36.0 Å². The van der Waals surface area contributed by atoms with Gasteiger partial charge in [-0.15, -0.1) is 10.2 Å². The maximum atomic E-state index is 12.7. The number of carbonyl (C=O) groups is 1. The Morgan fingerprint density at radius 3 is 2.69 bits per heavy atom. The molecule has 7 nitrogen and oxygen atoms in total. The second-order valence-corrected chi connectivity index (χ2v) is 8.10. The molecular weight excluding hydrogens is 388 g/mol. The molecule has 4 rings (SSSR count). The topological polar surface area (TPSA) is 78.3 Å². The number of thioether (sulfide) groups is 1. The van der Waals surface area contributed by atoms with E-state index in [1.165, 1.54) is 11.8 Å². The van der Waals surface area contributed by atoms with Crippen LogP contribution in [0.15, 0.2) is 47.6 Å². The van der Waals surface area contributed by atoms with Crippen molar-refractivity contribution < 1.29 is 14.3 Å². The van der Waals surface area contributed by atoms with E-state index in [0.717, 1.165) is 17.0 Å². The van der Waals surface area contributed by atoms with Crippen molar-refractivity contribution in [1.82, 2.24) is 14.8 Å². The van der Waals surface area contributed by atoms with Gasteiger partial charge in [-0.25, -0.2) is 0 Å². The van der Waals surface area contributed by atoms with Gasteiger partial charge < -0.3 is 19.4 Å². The number of fused-ring (bicyclic) bond motifs is 1. The van der Waals surface area contributed by atoms with Gasteiger partial charge in [0.2, 0.25) is 5.91 Å². The van der Waals surface area contributed by atoms with Crippen molar-refractivity contribution >= 4 is 23.4 Å². The molecule has 8 heteroatoms. The van der Waals surface area contributed by atoms with Crippen LogP contribution in [0.2, 0.25) is 0 Å². The summed E-state index contributed by atoms with van der Waals surface area (Å²) >= 11 is 1.37. The van der Waals surface area contributed by atoms with Crippen LogP contribution in [-0.2, 0) is 11.8 Å². The van der Waals surface area contributed by atoms with Crippen molar-refractivity contribution in [2.45, 2.75) is 24.3 Å². The zero-order valence-corrected chi connectivity index (χ0v) is 17.3. The van der Waals surface area contributed by atoms with Crippen LogP contribution in [0.4, 0.5) is 5.69 Å². The monoisotopic (exact) mass is 410 g/mol. The normalized spacial score (nSPS) is 13.8. The summed E-state index contributed by atoms with van der Waals surface area (Å²) in [6, 6.07) is 13.4. The number of carbonyl (C=O) groups excluding carboxylic acids is 1. The molecule has 0 bridgehead atoms. The lowest BCUT2D eigenvalue weighted by Crippen LogP contribution is -2.23. The number of nitrogens with one attached hydrogen (secondary N) is 1. The summed E-state index contributed by atoms with van der Waals surface area (Å²) in [5.41, 5.74) is 2.83. The van der Waals surface area contributed by atoms with Crippen molar-refractivity contribution in [3.05, 3.63) is 48.0 Å². The standard InChI is InChI=1S/C21H22N4O3S/c1-13-6-4-5-7-16(13)19-23-24-21(25(19)3)29-14(2)20(26)22-15-8-9-17-18(12-15)28-11-10-27-17/h4-9,12,14H,10-11H2,1-3H3,(H,22,26)/t14-/m0/s1. The fraction of sp³-hybridized carbons (Fsp3) is 0.286. The second-order valence-electron chi connectivity index (χ2n) is 6.79. The highest BCUT2D eigenvalue weighted by Gasteiger charge is 2.21. The summed E-state index contributed by atoms with van der Waals surface area (Å²) in [5.74, 6) is 2.00. The second kappa shape index (κ2) is 8.16. The lowest BCUT2D eigenvalue weighted by atomic mass is 10.1. The molecule has 1 N–H and O–H groups in total. The zero-order valence-electron chi connectivity index (χ0n) is 16.5. The van der Waals surface area contributed by atoms with Crippen LogP contribution in [0.1, 0.15) is 12.5 Å². The minimum atomic E-state index is -0.351. The van der Waals surface area contributed by atoms with Gasteiger partial charge in [0.15, 0.2) is 22.5 Å². The summed E-state index contributed by atoms with van der Waals surface area (Å²) in [7, 11) is 1.91. The molecule has 3 aromatic rings. The molecule has 150 valence electrons. The zero-order chi connectivity index (χ0) is 20.4. The summed E-state index contributed by atoms with van der Waals surface area (Å²) in [6.45, 7) is 4.93. The molecule has 1 aliphatic rings. The van der Waals surface area contributed by atoms with Crippen LogP contribution in [-0.4, -0.2) is 39.1 Å². The third-order valence-electron chi connectivity index (χ3n) is 4.68. The Morgan fingerprint density at radius 2 is 1.90 bits per heavy atom. The van der Waals surface area contributed by atoms with E-state index in [1.54, 1.807) is 18.2 Å². The predicted octanol–water partition coefficient (Wildman–Crippen LogP) is 3.68. The average Bonchev–Trinajstić information content (AvgIpc) is 3.08. The Hall–Kier alpha value is -3.00. The summed E-state index contributed by atoms with van der Waals surface area (Å²) in [5, 5.41) is 11.9. The number of nitrogens with zero attached hydrogens (tertiary/aromatic N) is 3. The Bertz CT molecular complexity index is 1050. The summed E-state index contributed by atoms with van der Waals surface area (Å²) < 4.78 is 13.0. The van der Waals surface area contributed by atoms with E-state index in [0.29, 0.717) is 35.6 Å². The Labute approximate surface area is 173 Å². The van der Waals surface area contributed by atoms with E-state index in [4.69, 9.17) is 9.47 Å². The fourth-order valence-electron chi connectivity index (χ4n) is 3.05. The largest absolute Gasteiger partial charge is 0.486 e. The number of hydrogen-bond donors (Lipinski definition) is 1. The molecule has 1 aliphatic heterocycles. The van der Waals surface area contributed by atoms with Crippen LogP contribution in [0.5, 0.6) is 11.5 Å². The van der Waals surface area contributed by atoms with Crippen LogP contribution in [0, 0.1) is 6.92 Å². The lowest BCUT2D eigenvalue weighted by Gasteiger charge is -2.19. The number of rotatable bonds is 5. The highest BCUT2D eigenvalue weighted by molar-refractivity contribution is 8.00. The third kappa shape index (κ3) is 4.07. The Morgan fingerprint density at radius 1 is 1.14 bits per heavy atom. The predicted molar refractivity (Wildman–Crippen MR) is 113 cm³/mol. The Kier molecular flexibility index (Phi) is 5.44. The third-order valence-corrected chi connectivity index (χ3v) is 5.82. The van der Waals surface area contributed by atoms with Gasteiger partial charge in [0, 0.05) is 24.4 Å². The molecule has 0 fully saturated rings. The van der Waals surface area contributed by atoms with Gasteiger partial charge in [0.05, 0.1) is 5.25 Å². The summed E-state index contributed by atoms with van der Waals surface area (Å²) in [4.78, 5) is 12.7. The van der Waals surface area contributed by atoms with E-state index in [-0.39, 0.29) is 11.2 Å². The quantitative estimate of drug-likeness (QED) is 0.647. The van der Waals surface area contributed by atoms with E-state index < -0.39 is 0 Å². The number of aromatic nitrogens is 3. The molecule has 29 heavy (non-hydrogen) atoms. The molecule has 0 radical (unpaired) electrons. The first kappa shape index (κ1) is 19.3. The van der Waals surface area contributed by atoms with Gasteiger partial charge in [-0.2, -0.15) is 0 Å². The maximum absolute atomic E-state index is 12.7. The van der Waals surface area contributed by atoms with Gasteiger partial charge in [0.1, 0.15) is 13.2 Å². The number of anilines is 1. The maximum Gasteiger partial charge on any atom is 0.237 e. The lowest BCUT2D eigenvalue weighted by molar-refractivity contribution is -0.115. The molecule has 1 aromatic heterocycles. The fourth-order valence-corrected chi connectivity index (χ4v) is 3.87. The number of aryl methyl sites for hydroxylation is 1. The molecule has 2 heterocycles. The molecule has 1 atom stereocenters. The van der Waals surface area contributed by atoms with E-state index in [9.17, 15) is 4.79 Å². The van der Waals surface area contributed by atoms with Crippen LogP contribution < -0.4 is 14.8 Å². The Balaban J connectivity index is 1.45. The van der Waals surface area contributed by atoms with Gasteiger partial charge in [-0.05, 0) is 31.5 Å². The summed E-state index contributed by atoms with van der Waals surface area (Å²) in [6.07, 6.45) is 0. The average molecular weight is 410 g/mol. The van der Waals surface area contributed by atoms with E-state index in [2.05, 4.69) is 15.5 Å². The first-order chi connectivity index (χ1) is 14.0.